The summed E-state index contributed by atoms with van der Waals surface area (Å²) >= 11 is 0. The van der Waals surface area contributed by atoms with Crippen LogP contribution < -0.4 is 0 Å². The molecule has 0 aromatic rings. The van der Waals surface area contributed by atoms with Gasteiger partial charge in [0.1, 0.15) is 0 Å². The Hall–Kier alpha value is -0.600. The van der Waals surface area contributed by atoms with Gasteiger partial charge in [-0.15, -0.1) is 0 Å². The highest BCUT2D eigenvalue weighted by atomic mass is 19.0. The summed E-state index contributed by atoms with van der Waals surface area (Å²) in [7, 11) is 0. The van der Waals surface area contributed by atoms with Gasteiger partial charge in [0.05, 0.1) is 0 Å². The maximum Gasteiger partial charge on any atom is 0.303 e. The number of carboxylic acid groups (broad SMARTS) is 1. The zero-order chi connectivity index (χ0) is 4.28. The molecule has 1 N–H and O–H groups in total. The largest absolute Gasteiger partial charge is 0.481 e. The first-order valence-electron chi connectivity index (χ1n) is 1.49. The van der Waals surface area contributed by atoms with Crippen LogP contribution in [-0.4, -0.2) is 11.1 Å². The number of aliphatic carboxylic acids is 1. The topological polar surface area (TPSA) is 37.3 Å². The van der Waals surface area contributed by atoms with E-state index in [9.17, 15) is 4.79 Å². The summed E-state index contributed by atoms with van der Waals surface area (Å²) in [6.45, 7) is 1.60. The fourth-order valence-electron chi connectivity index (χ4n) is 0. The lowest BCUT2D eigenvalue weighted by Crippen LogP contribution is -1.86. The van der Waals surface area contributed by atoms with Gasteiger partial charge in [-0.25, -0.2) is 0 Å². The van der Waals surface area contributed by atoms with Crippen molar-refractivity contribution in [2.75, 3.05) is 0 Å². The highest BCUT2D eigenvalue weighted by Crippen LogP contribution is 1.67. The van der Waals surface area contributed by atoms with Gasteiger partial charge in [0.25, 0.3) is 0 Å². The Kier molecular flexibility index (Phi) is 6.63. The summed E-state index contributed by atoms with van der Waals surface area (Å²) in [6, 6.07) is 0. The van der Waals surface area contributed by atoms with Crippen molar-refractivity contribution in [2.45, 2.75) is 13.3 Å². The molecule has 0 aliphatic carbocycles. The van der Waals surface area contributed by atoms with Gasteiger partial charge >= 0.3 is 5.97 Å². The molecule has 0 saturated heterocycles. The normalized spacial score (nSPS) is 6.17. The number of rotatable bonds is 1. The van der Waals surface area contributed by atoms with E-state index in [0.29, 0.717) is 0 Å². The molecule has 3 heteroatoms. The summed E-state index contributed by atoms with van der Waals surface area (Å²) in [4.78, 5) is 9.37. The maximum absolute atomic E-state index is 9.37. The van der Waals surface area contributed by atoms with Crippen LogP contribution in [0.5, 0.6) is 0 Å². The van der Waals surface area contributed by atoms with E-state index < -0.39 is 5.97 Å². The van der Waals surface area contributed by atoms with Crippen molar-refractivity contribution in [1.82, 2.24) is 0 Å². The SMILES string of the molecule is CCC(=O)O.F. The predicted octanol–water partition coefficient (Wildman–Crippen LogP) is 0.633. The standard InChI is InChI=1S/C3H6O2.FH/c1-2-3(4)5;/h2H2,1H3,(H,4,5);1H. The van der Waals surface area contributed by atoms with Gasteiger partial charge in [0.2, 0.25) is 0 Å². The van der Waals surface area contributed by atoms with Gasteiger partial charge < -0.3 is 5.11 Å². The molecule has 0 atom stereocenters. The van der Waals surface area contributed by atoms with Gasteiger partial charge in [-0.2, -0.15) is 0 Å². The van der Waals surface area contributed by atoms with Crippen LogP contribution in [0.3, 0.4) is 0 Å². The zero-order valence-electron chi connectivity index (χ0n) is 3.47. The van der Waals surface area contributed by atoms with Crippen molar-refractivity contribution in [3.8, 4) is 0 Å². The van der Waals surface area contributed by atoms with Crippen molar-refractivity contribution >= 4 is 5.97 Å². The summed E-state index contributed by atoms with van der Waals surface area (Å²) in [5.41, 5.74) is 0. The van der Waals surface area contributed by atoms with Crippen LogP contribution in [0.25, 0.3) is 0 Å². The molecule has 0 aliphatic rings. The Labute approximate surface area is 35.2 Å². The van der Waals surface area contributed by atoms with Crippen molar-refractivity contribution in [2.24, 2.45) is 0 Å². The Bertz CT molecular complexity index is 44.1. The monoisotopic (exact) mass is 94.0 g/mol. The number of hydrogen-bond acceptors (Lipinski definition) is 1. The van der Waals surface area contributed by atoms with E-state index >= 15 is 0 Å². The molecular formula is C3H7FO2. The highest BCUT2D eigenvalue weighted by molar-refractivity contribution is 5.66. The molecule has 0 radical (unpaired) electrons. The molecule has 0 unspecified atom stereocenters. The summed E-state index contributed by atoms with van der Waals surface area (Å²) in [5, 5.41) is 7.72. The second kappa shape index (κ2) is 4.40. The van der Waals surface area contributed by atoms with Gasteiger partial charge in [0, 0.05) is 6.42 Å². The second-order valence-electron chi connectivity index (χ2n) is 0.747. The number of carboxylic acids is 1. The molecule has 0 fully saturated rings. The molecule has 0 aromatic heterocycles. The van der Waals surface area contributed by atoms with Crippen molar-refractivity contribution in [3.63, 3.8) is 0 Å². The third-order valence-electron chi connectivity index (χ3n) is 0.302. The second-order valence-corrected chi connectivity index (χ2v) is 0.747. The minimum absolute atomic E-state index is 0. The third kappa shape index (κ3) is 9.99. The van der Waals surface area contributed by atoms with Gasteiger partial charge in [0.15, 0.2) is 0 Å². The van der Waals surface area contributed by atoms with E-state index in [4.69, 9.17) is 5.11 Å². The number of hydrogen-bond donors (Lipinski definition) is 1. The molecule has 0 aromatic carbocycles. The molecule has 2 nitrogen and oxygen atoms in total. The van der Waals surface area contributed by atoms with Crippen LogP contribution in [0.15, 0.2) is 0 Å². The molecular weight excluding hydrogens is 87.0 g/mol. The van der Waals surface area contributed by atoms with Crippen molar-refractivity contribution in [1.29, 1.82) is 0 Å². The molecule has 0 heterocycles. The lowest BCUT2D eigenvalue weighted by atomic mass is 10.5. The lowest BCUT2D eigenvalue weighted by molar-refractivity contribution is -0.136. The maximum atomic E-state index is 9.37. The Morgan fingerprint density at radius 1 is 1.83 bits per heavy atom. The highest BCUT2D eigenvalue weighted by Gasteiger charge is 1.80. The van der Waals surface area contributed by atoms with Crippen molar-refractivity contribution in [3.05, 3.63) is 0 Å². The van der Waals surface area contributed by atoms with Gasteiger partial charge in [-0.1, -0.05) is 6.92 Å². The molecule has 0 rings (SSSR count). The minimum atomic E-state index is -0.745. The fraction of sp³-hybridized carbons (Fsp3) is 0.667. The molecule has 6 heavy (non-hydrogen) atoms. The van der Waals surface area contributed by atoms with Crippen LogP contribution in [0, 0.1) is 0 Å². The van der Waals surface area contributed by atoms with E-state index in [1.54, 1.807) is 6.92 Å². The smallest absolute Gasteiger partial charge is 0.303 e. The summed E-state index contributed by atoms with van der Waals surface area (Å²) in [6.07, 6.45) is 0.222. The van der Waals surface area contributed by atoms with E-state index in [0.717, 1.165) is 0 Å². The Morgan fingerprint density at radius 2 is 2.00 bits per heavy atom. The van der Waals surface area contributed by atoms with Crippen LogP contribution in [-0.2, 0) is 4.79 Å². The minimum Gasteiger partial charge on any atom is -0.481 e. The quantitative estimate of drug-likeness (QED) is 0.517. The predicted molar refractivity (Wildman–Crippen MR) is 20.4 cm³/mol. The molecule has 0 bridgehead atoms. The molecule has 0 saturated carbocycles. The van der Waals surface area contributed by atoms with E-state index in [2.05, 4.69) is 0 Å². The average Bonchev–Trinajstić information content (AvgIpc) is 1.38. The third-order valence-corrected chi connectivity index (χ3v) is 0.302. The zero-order valence-corrected chi connectivity index (χ0v) is 3.47. The summed E-state index contributed by atoms with van der Waals surface area (Å²) < 4.78 is 0. The lowest BCUT2D eigenvalue weighted by Gasteiger charge is -1.71. The first-order chi connectivity index (χ1) is 2.27. The first kappa shape index (κ1) is 9.04. The number of halogens is 1. The van der Waals surface area contributed by atoms with Crippen LogP contribution in [0.2, 0.25) is 0 Å². The molecule has 0 spiro atoms. The van der Waals surface area contributed by atoms with Crippen molar-refractivity contribution < 1.29 is 14.6 Å². The van der Waals surface area contributed by atoms with E-state index in [-0.39, 0.29) is 11.1 Å². The van der Waals surface area contributed by atoms with Crippen LogP contribution >= 0.6 is 0 Å². The molecule has 38 valence electrons. The van der Waals surface area contributed by atoms with Crippen LogP contribution in [0.1, 0.15) is 13.3 Å². The molecule has 0 amide bonds. The Morgan fingerprint density at radius 3 is 2.00 bits per heavy atom. The fourth-order valence-corrected chi connectivity index (χ4v) is 0. The van der Waals surface area contributed by atoms with Gasteiger partial charge in [-0.05, 0) is 0 Å². The van der Waals surface area contributed by atoms with Crippen LogP contribution in [0.4, 0.5) is 4.70 Å². The Balaban J connectivity index is 0. The molecule has 0 aliphatic heterocycles. The number of carbonyl (C=O) groups is 1. The van der Waals surface area contributed by atoms with E-state index in [1.807, 2.05) is 0 Å². The van der Waals surface area contributed by atoms with Gasteiger partial charge in [-0.3, -0.25) is 9.50 Å². The average molecular weight is 94.1 g/mol. The first-order valence-corrected chi connectivity index (χ1v) is 1.49. The van der Waals surface area contributed by atoms with E-state index in [1.165, 1.54) is 0 Å². The summed E-state index contributed by atoms with van der Waals surface area (Å²) in [5.74, 6) is -0.745.